The van der Waals surface area contributed by atoms with Crippen LogP contribution in [-0.4, -0.2) is 25.0 Å². The van der Waals surface area contributed by atoms with E-state index in [1.807, 2.05) is 19.1 Å². The van der Waals surface area contributed by atoms with Crippen LogP contribution in [0.25, 0.3) is 0 Å². The Morgan fingerprint density at radius 3 is 2.58 bits per heavy atom. The lowest BCUT2D eigenvalue weighted by Gasteiger charge is -2.13. The topological polar surface area (TPSA) is 54.9 Å². The van der Waals surface area contributed by atoms with Crippen LogP contribution in [0.3, 0.4) is 0 Å². The number of methoxy groups -OCH3 is 1. The minimum atomic E-state index is 0.237. The third-order valence-corrected chi connectivity index (χ3v) is 4.28. The highest BCUT2D eigenvalue weighted by Gasteiger charge is 2.09. The van der Waals surface area contributed by atoms with Crippen molar-refractivity contribution in [2.24, 2.45) is 5.10 Å². The van der Waals surface area contributed by atoms with Crippen molar-refractivity contribution < 1.29 is 9.47 Å². The summed E-state index contributed by atoms with van der Waals surface area (Å²) in [5.74, 6) is 1.16. The van der Waals surface area contributed by atoms with Crippen molar-refractivity contribution in [2.45, 2.75) is 13.5 Å². The number of benzene rings is 2. The Labute approximate surface area is 168 Å². The Hall–Kier alpha value is -2.02. The maximum atomic E-state index is 6.16. The molecule has 0 saturated carbocycles. The fourth-order valence-corrected chi connectivity index (χ4v) is 2.77. The summed E-state index contributed by atoms with van der Waals surface area (Å²) in [6, 6.07) is 10.8. The highest BCUT2D eigenvalue weighted by Crippen LogP contribution is 2.31. The van der Waals surface area contributed by atoms with Gasteiger partial charge in [0.05, 0.1) is 13.3 Å². The molecule has 0 unspecified atom stereocenters. The van der Waals surface area contributed by atoms with E-state index in [-0.39, 0.29) is 6.61 Å². The number of thiocarbonyl (C=S) groups is 1. The minimum absolute atomic E-state index is 0.237. The van der Waals surface area contributed by atoms with Crippen LogP contribution in [-0.2, 0) is 6.61 Å². The first kappa shape index (κ1) is 20.3. The zero-order valence-corrected chi connectivity index (χ0v) is 16.7. The zero-order valence-electron chi connectivity index (χ0n) is 14.4. The van der Waals surface area contributed by atoms with Gasteiger partial charge in [-0.3, -0.25) is 5.43 Å². The van der Waals surface area contributed by atoms with Gasteiger partial charge < -0.3 is 14.8 Å². The number of halogens is 2. The van der Waals surface area contributed by atoms with Crippen molar-refractivity contribution in [3.63, 3.8) is 0 Å². The molecule has 2 rings (SSSR count). The summed E-state index contributed by atoms with van der Waals surface area (Å²) in [6.45, 7) is 2.93. The molecule has 2 aromatic rings. The van der Waals surface area contributed by atoms with Gasteiger partial charge in [0, 0.05) is 22.2 Å². The van der Waals surface area contributed by atoms with Crippen LogP contribution in [0, 0.1) is 0 Å². The van der Waals surface area contributed by atoms with Crippen LogP contribution < -0.4 is 20.2 Å². The third kappa shape index (κ3) is 5.76. The molecule has 2 N–H and O–H groups in total. The summed E-state index contributed by atoms with van der Waals surface area (Å²) in [4.78, 5) is 0. The largest absolute Gasteiger partial charge is 0.493 e. The van der Waals surface area contributed by atoms with Gasteiger partial charge in [0.15, 0.2) is 16.6 Å². The maximum Gasteiger partial charge on any atom is 0.186 e. The van der Waals surface area contributed by atoms with Crippen LogP contribution >= 0.6 is 35.4 Å². The van der Waals surface area contributed by atoms with Crippen molar-refractivity contribution in [1.82, 2.24) is 10.7 Å². The summed E-state index contributed by atoms with van der Waals surface area (Å²) in [5.41, 5.74) is 4.29. The average molecular weight is 412 g/mol. The Kier molecular flexibility index (Phi) is 7.97. The van der Waals surface area contributed by atoms with E-state index in [1.165, 1.54) is 0 Å². The second-order valence-electron chi connectivity index (χ2n) is 5.13. The number of ether oxygens (including phenoxy) is 2. The molecule has 0 aliphatic rings. The van der Waals surface area contributed by atoms with E-state index in [1.54, 1.807) is 37.6 Å². The third-order valence-electron chi connectivity index (χ3n) is 3.34. The maximum absolute atomic E-state index is 6.16. The van der Waals surface area contributed by atoms with Gasteiger partial charge in [-0.25, -0.2) is 0 Å². The lowest BCUT2D eigenvalue weighted by Crippen LogP contribution is -2.31. The van der Waals surface area contributed by atoms with Crippen molar-refractivity contribution in [1.29, 1.82) is 0 Å². The van der Waals surface area contributed by atoms with E-state index < -0.39 is 0 Å². The average Bonchev–Trinajstić information content (AvgIpc) is 2.62. The Bertz CT molecular complexity index is 780. The first-order valence-corrected chi connectivity index (χ1v) is 9.02. The summed E-state index contributed by atoms with van der Waals surface area (Å²) in [5, 5.41) is 8.60. The van der Waals surface area contributed by atoms with Crippen LogP contribution in [0.2, 0.25) is 10.0 Å². The normalized spacial score (nSPS) is 10.6. The fraction of sp³-hybridized carbons (Fsp3) is 0.222. The fourth-order valence-electron chi connectivity index (χ4n) is 2.07. The lowest BCUT2D eigenvalue weighted by molar-refractivity contribution is 0.284. The molecule has 138 valence electrons. The molecular weight excluding hydrogens is 393 g/mol. The van der Waals surface area contributed by atoms with Crippen molar-refractivity contribution in [3.05, 3.63) is 57.6 Å². The van der Waals surface area contributed by atoms with Gasteiger partial charge in [-0.15, -0.1) is 0 Å². The van der Waals surface area contributed by atoms with Gasteiger partial charge in [0.25, 0.3) is 0 Å². The minimum Gasteiger partial charge on any atom is -0.493 e. The molecule has 5 nitrogen and oxygen atoms in total. The van der Waals surface area contributed by atoms with Crippen LogP contribution in [0.1, 0.15) is 18.1 Å². The molecule has 2 aromatic carbocycles. The van der Waals surface area contributed by atoms with Crippen molar-refractivity contribution in [3.8, 4) is 11.5 Å². The quantitative estimate of drug-likeness (QED) is 0.401. The summed E-state index contributed by atoms with van der Waals surface area (Å²) < 4.78 is 11.2. The molecule has 0 amide bonds. The van der Waals surface area contributed by atoms with E-state index in [0.717, 1.165) is 17.7 Å². The van der Waals surface area contributed by atoms with Crippen molar-refractivity contribution >= 4 is 46.7 Å². The summed E-state index contributed by atoms with van der Waals surface area (Å²) >= 11 is 17.4. The standard InChI is InChI=1S/C18H19Cl2N3O2S/c1-3-21-18(26)23-22-10-12-7-8-16(17(9-12)24-2)25-11-13-14(19)5-4-6-15(13)20/h4-10H,3,11H2,1-2H3,(H2,21,23,26)/b22-10-. The predicted molar refractivity (Wildman–Crippen MR) is 111 cm³/mol. The number of nitrogens with one attached hydrogen (secondary N) is 2. The second kappa shape index (κ2) is 10.2. The van der Waals surface area contributed by atoms with Gasteiger partial charge in [-0.1, -0.05) is 29.3 Å². The number of hydrazone groups is 1. The lowest BCUT2D eigenvalue weighted by atomic mass is 10.2. The van der Waals surface area contributed by atoms with Crippen LogP contribution in [0.5, 0.6) is 11.5 Å². The first-order valence-electron chi connectivity index (χ1n) is 7.85. The van der Waals surface area contributed by atoms with E-state index >= 15 is 0 Å². The van der Waals surface area contributed by atoms with Crippen LogP contribution in [0.15, 0.2) is 41.5 Å². The molecule has 8 heteroatoms. The molecule has 26 heavy (non-hydrogen) atoms. The highest BCUT2D eigenvalue weighted by atomic mass is 35.5. The number of nitrogens with zero attached hydrogens (tertiary/aromatic N) is 1. The molecule has 0 aliphatic heterocycles. The number of hydrogen-bond donors (Lipinski definition) is 2. The number of hydrogen-bond acceptors (Lipinski definition) is 4. The van der Waals surface area contributed by atoms with E-state index in [2.05, 4.69) is 15.8 Å². The predicted octanol–water partition coefficient (Wildman–Crippen LogP) is 4.40. The molecule has 0 saturated heterocycles. The molecule has 0 aromatic heterocycles. The Morgan fingerprint density at radius 1 is 1.19 bits per heavy atom. The van der Waals surface area contributed by atoms with Gasteiger partial charge in [0.2, 0.25) is 0 Å². The Morgan fingerprint density at radius 2 is 1.92 bits per heavy atom. The highest BCUT2D eigenvalue weighted by molar-refractivity contribution is 7.80. The smallest absolute Gasteiger partial charge is 0.186 e. The molecule has 0 aliphatic carbocycles. The zero-order chi connectivity index (χ0) is 18.9. The van der Waals surface area contributed by atoms with Crippen molar-refractivity contribution in [2.75, 3.05) is 13.7 Å². The van der Waals surface area contributed by atoms with Gasteiger partial charge in [-0.05, 0) is 55.0 Å². The van der Waals surface area contributed by atoms with Gasteiger partial charge in [-0.2, -0.15) is 5.10 Å². The van der Waals surface area contributed by atoms with Gasteiger partial charge >= 0.3 is 0 Å². The monoisotopic (exact) mass is 411 g/mol. The van der Waals surface area contributed by atoms with Crippen LogP contribution in [0.4, 0.5) is 0 Å². The molecule has 0 bridgehead atoms. The van der Waals surface area contributed by atoms with E-state index in [4.69, 9.17) is 44.9 Å². The number of rotatable bonds is 7. The molecule has 0 fully saturated rings. The van der Waals surface area contributed by atoms with Gasteiger partial charge in [0.1, 0.15) is 6.61 Å². The SMILES string of the molecule is CCNC(=S)N/N=C\c1ccc(OCc2c(Cl)cccc2Cl)c(OC)c1. The molecule has 0 atom stereocenters. The Balaban J connectivity index is 2.06. The molecular formula is C18H19Cl2N3O2S. The van der Waals surface area contributed by atoms with E-state index in [0.29, 0.717) is 26.7 Å². The first-order chi connectivity index (χ1) is 12.5. The van der Waals surface area contributed by atoms with E-state index in [9.17, 15) is 0 Å². The molecule has 0 heterocycles. The summed E-state index contributed by atoms with van der Waals surface area (Å²) in [6.07, 6.45) is 1.64. The molecule has 0 spiro atoms. The summed E-state index contributed by atoms with van der Waals surface area (Å²) in [7, 11) is 1.57. The molecule has 0 radical (unpaired) electrons. The second-order valence-corrected chi connectivity index (χ2v) is 6.35.